The molecule has 2 aliphatic rings. The zero-order chi connectivity index (χ0) is 16.7. The summed E-state index contributed by atoms with van der Waals surface area (Å²) in [6.07, 6.45) is 3.86. The molecule has 0 spiro atoms. The van der Waals surface area contributed by atoms with E-state index in [4.69, 9.17) is 0 Å². The Labute approximate surface area is 139 Å². The fourth-order valence-corrected chi connectivity index (χ4v) is 3.73. The molecule has 126 valence electrons. The molecule has 0 unspecified atom stereocenters. The van der Waals surface area contributed by atoms with Crippen LogP contribution in [-0.2, 0) is 0 Å². The molecule has 24 heavy (non-hydrogen) atoms. The fourth-order valence-electron chi connectivity index (χ4n) is 3.73. The van der Waals surface area contributed by atoms with E-state index in [0.29, 0.717) is 17.7 Å². The van der Waals surface area contributed by atoms with Crippen LogP contribution in [0.1, 0.15) is 28.9 Å². The van der Waals surface area contributed by atoms with Gasteiger partial charge >= 0.3 is 0 Å². The Hall–Kier alpha value is -2.28. The highest BCUT2D eigenvalue weighted by molar-refractivity contribution is 5.92. The standard InChI is InChI=1S/C17H20FN5O/c1-11-8-13(18)2-3-16(11)23-10-15(20-21-23)17(24)22-7-5-12-4-6-19-14(12)9-22/h2-3,8,10,12,14,19H,4-7,9H2,1H3/t12-,14+/m0/s1. The third-order valence-electron chi connectivity index (χ3n) is 5.08. The first-order valence-corrected chi connectivity index (χ1v) is 8.33. The van der Waals surface area contributed by atoms with Gasteiger partial charge in [0.1, 0.15) is 5.82 Å². The molecule has 2 fully saturated rings. The van der Waals surface area contributed by atoms with E-state index in [2.05, 4.69) is 15.6 Å². The van der Waals surface area contributed by atoms with Gasteiger partial charge in [0.15, 0.2) is 5.69 Å². The summed E-state index contributed by atoms with van der Waals surface area (Å²) in [4.78, 5) is 14.5. The number of halogens is 1. The van der Waals surface area contributed by atoms with Crippen molar-refractivity contribution in [1.29, 1.82) is 0 Å². The van der Waals surface area contributed by atoms with Crippen molar-refractivity contribution >= 4 is 5.91 Å². The van der Waals surface area contributed by atoms with Crippen molar-refractivity contribution < 1.29 is 9.18 Å². The predicted molar refractivity (Wildman–Crippen MR) is 86.5 cm³/mol. The Kier molecular flexibility index (Phi) is 3.80. The molecule has 2 atom stereocenters. The average molecular weight is 329 g/mol. The third kappa shape index (κ3) is 2.69. The number of benzene rings is 1. The summed E-state index contributed by atoms with van der Waals surface area (Å²) in [5.74, 6) is 0.305. The molecule has 6 nitrogen and oxygen atoms in total. The summed E-state index contributed by atoms with van der Waals surface area (Å²) in [5.41, 5.74) is 1.80. The molecule has 2 aliphatic heterocycles. The fraction of sp³-hybridized carbons (Fsp3) is 0.471. The van der Waals surface area contributed by atoms with Gasteiger partial charge in [-0.2, -0.15) is 0 Å². The number of aryl methyl sites for hydroxylation is 1. The molecule has 0 saturated carbocycles. The molecule has 2 aromatic rings. The summed E-state index contributed by atoms with van der Waals surface area (Å²) in [7, 11) is 0. The van der Waals surface area contributed by atoms with Crippen LogP contribution in [0.2, 0.25) is 0 Å². The second-order valence-electron chi connectivity index (χ2n) is 6.63. The van der Waals surface area contributed by atoms with Crippen LogP contribution in [0.15, 0.2) is 24.4 Å². The highest BCUT2D eigenvalue weighted by Crippen LogP contribution is 2.26. The van der Waals surface area contributed by atoms with Crippen molar-refractivity contribution in [3.05, 3.63) is 41.5 Å². The Morgan fingerprint density at radius 2 is 2.25 bits per heavy atom. The molecule has 0 aliphatic carbocycles. The normalized spacial score (nSPS) is 23.3. The summed E-state index contributed by atoms with van der Waals surface area (Å²) >= 11 is 0. The Morgan fingerprint density at radius 3 is 3.08 bits per heavy atom. The van der Waals surface area contributed by atoms with Crippen LogP contribution in [0, 0.1) is 18.7 Å². The average Bonchev–Trinajstić information content (AvgIpc) is 3.22. The van der Waals surface area contributed by atoms with Crippen molar-refractivity contribution in [2.45, 2.75) is 25.8 Å². The minimum absolute atomic E-state index is 0.0897. The highest BCUT2D eigenvalue weighted by atomic mass is 19.1. The van der Waals surface area contributed by atoms with Gasteiger partial charge in [-0.15, -0.1) is 5.10 Å². The van der Waals surface area contributed by atoms with Crippen LogP contribution in [0.4, 0.5) is 4.39 Å². The number of hydrogen-bond donors (Lipinski definition) is 1. The van der Waals surface area contributed by atoms with Crippen LogP contribution in [-0.4, -0.2) is 51.5 Å². The number of rotatable bonds is 2. The van der Waals surface area contributed by atoms with E-state index in [9.17, 15) is 9.18 Å². The Balaban J connectivity index is 1.53. The van der Waals surface area contributed by atoms with E-state index in [1.54, 1.807) is 19.2 Å². The van der Waals surface area contributed by atoms with Crippen molar-refractivity contribution in [1.82, 2.24) is 25.2 Å². The van der Waals surface area contributed by atoms with E-state index < -0.39 is 0 Å². The quantitative estimate of drug-likeness (QED) is 0.908. The topological polar surface area (TPSA) is 63.1 Å². The SMILES string of the molecule is Cc1cc(F)ccc1-n1cc(C(=O)N2CC[C@@H]3CCN[C@@H]3C2)nn1. The maximum atomic E-state index is 13.2. The predicted octanol–water partition coefficient (Wildman–Crippen LogP) is 1.54. The van der Waals surface area contributed by atoms with Gasteiger partial charge in [0, 0.05) is 19.1 Å². The van der Waals surface area contributed by atoms with E-state index in [0.717, 1.165) is 37.3 Å². The second-order valence-corrected chi connectivity index (χ2v) is 6.63. The van der Waals surface area contributed by atoms with Crippen molar-refractivity contribution in [3.8, 4) is 5.69 Å². The van der Waals surface area contributed by atoms with Crippen molar-refractivity contribution in [3.63, 3.8) is 0 Å². The first kappa shape index (κ1) is 15.3. The lowest BCUT2D eigenvalue weighted by Crippen LogP contribution is -2.48. The number of hydrogen-bond acceptors (Lipinski definition) is 4. The van der Waals surface area contributed by atoms with Gasteiger partial charge in [-0.3, -0.25) is 4.79 Å². The number of amides is 1. The second kappa shape index (κ2) is 5.98. The third-order valence-corrected chi connectivity index (χ3v) is 5.08. The smallest absolute Gasteiger partial charge is 0.276 e. The molecule has 0 radical (unpaired) electrons. The lowest BCUT2D eigenvalue weighted by molar-refractivity contribution is 0.0663. The minimum Gasteiger partial charge on any atom is -0.336 e. The van der Waals surface area contributed by atoms with Gasteiger partial charge in [0.05, 0.1) is 11.9 Å². The first-order valence-electron chi connectivity index (χ1n) is 8.33. The van der Waals surface area contributed by atoms with Crippen LogP contribution >= 0.6 is 0 Å². The van der Waals surface area contributed by atoms with Crippen LogP contribution in [0.5, 0.6) is 0 Å². The summed E-state index contributed by atoms with van der Waals surface area (Å²) in [6, 6.07) is 4.86. The maximum Gasteiger partial charge on any atom is 0.276 e. The molecule has 1 aromatic heterocycles. The number of likely N-dealkylation sites (tertiary alicyclic amines) is 1. The highest BCUT2D eigenvalue weighted by Gasteiger charge is 2.35. The molecule has 2 saturated heterocycles. The number of fused-ring (bicyclic) bond motifs is 1. The van der Waals surface area contributed by atoms with Crippen LogP contribution in [0.25, 0.3) is 5.69 Å². The molecular formula is C17H20FN5O. The van der Waals surface area contributed by atoms with E-state index in [1.807, 2.05) is 4.90 Å². The molecule has 1 amide bonds. The molecule has 1 N–H and O–H groups in total. The minimum atomic E-state index is -0.292. The van der Waals surface area contributed by atoms with E-state index in [-0.39, 0.29) is 11.7 Å². The molecule has 4 rings (SSSR count). The van der Waals surface area contributed by atoms with Gasteiger partial charge in [-0.25, -0.2) is 9.07 Å². The van der Waals surface area contributed by atoms with Gasteiger partial charge in [-0.1, -0.05) is 5.21 Å². The number of nitrogens with one attached hydrogen (secondary N) is 1. The van der Waals surface area contributed by atoms with Gasteiger partial charge in [0.2, 0.25) is 0 Å². The maximum absolute atomic E-state index is 13.2. The zero-order valence-electron chi connectivity index (χ0n) is 13.6. The number of aromatic nitrogens is 3. The lowest BCUT2D eigenvalue weighted by atomic mass is 9.92. The van der Waals surface area contributed by atoms with E-state index >= 15 is 0 Å². The summed E-state index contributed by atoms with van der Waals surface area (Å²) in [5, 5.41) is 11.5. The molecule has 3 heterocycles. The summed E-state index contributed by atoms with van der Waals surface area (Å²) < 4.78 is 14.8. The number of piperidine rings is 1. The number of nitrogens with zero attached hydrogens (tertiary/aromatic N) is 4. The number of carbonyl (C=O) groups excluding carboxylic acids is 1. The Morgan fingerprint density at radius 1 is 1.38 bits per heavy atom. The van der Waals surface area contributed by atoms with Gasteiger partial charge in [-0.05, 0) is 56.0 Å². The van der Waals surface area contributed by atoms with Gasteiger partial charge < -0.3 is 10.2 Å². The lowest BCUT2D eigenvalue weighted by Gasteiger charge is -2.34. The zero-order valence-corrected chi connectivity index (χ0v) is 13.6. The molecule has 1 aromatic carbocycles. The van der Waals surface area contributed by atoms with Crippen molar-refractivity contribution in [2.75, 3.05) is 19.6 Å². The van der Waals surface area contributed by atoms with Crippen molar-refractivity contribution in [2.24, 2.45) is 5.92 Å². The number of carbonyl (C=O) groups is 1. The summed E-state index contributed by atoms with van der Waals surface area (Å²) in [6.45, 7) is 4.34. The van der Waals surface area contributed by atoms with Crippen LogP contribution < -0.4 is 5.32 Å². The monoisotopic (exact) mass is 329 g/mol. The molecule has 0 bridgehead atoms. The molecule has 7 heteroatoms. The van der Waals surface area contributed by atoms with Gasteiger partial charge in [0.25, 0.3) is 5.91 Å². The van der Waals surface area contributed by atoms with E-state index in [1.165, 1.54) is 23.2 Å². The molecular weight excluding hydrogens is 309 g/mol. The largest absolute Gasteiger partial charge is 0.336 e. The van der Waals surface area contributed by atoms with Crippen LogP contribution in [0.3, 0.4) is 0 Å². The Bertz CT molecular complexity index is 774. The first-order chi connectivity index (χ1) is 11.6.